The van der Waals surface area contributed by atoms with Crippen LogP contribution in [0.15, 0.2) is 55.0 Å². The summed E-state index contributed by atoms with van der Waals surface area (Å²) in [5, 5.41) is 2.87. The molecule has 1 saturated heterocycles. The highest BCUT2D eigenvalue weighted by atomic mass is 16.1. The average molecular weight is 375 g/mol. The Bertz CT molecular complexity index is 938. The highest BCUT2D eigenvalue weighted by Gasteiger charge is 2.21. The SMILES string of the molecule is Cc1ccc(NC(=O)c2ccnc(N3CCN(c4ncccn4)CC3)n2)cc1. The summed E-state index contributed by atoms with van der Waals surface area (Å²) in [5.74, 6) is 1.04. The molecule has 0 unspecified atom stereocenters. The van der Waals surface area contributed by atoms with E-state index in [0.717, 1.165) is 43.4 Å². The number of aryl methyl sites for hydroxylation is 1. The van der Waals surface area contributed by atoms with Gasteiger partial charge in [0.2, 0.25) is 11.9 Å². The van der Waals surface area contributed by atoms with E-state index in [1.165, 1.54) is 0 Å². The van der Waals surface area contributed by atoms with Gasteiger partial charge in [0.25, 0.3) is 5.91 Å². The first-order valence-corrected chi connectivity index (χ1v) is 9.17. The Kier molecular flexibility index (Phi) is 5.09. The standard InChI is InChI=1S/C20H21N7O/c1-15-3-5-16(6-4-15)24-18(28)17-7-10-23-20(25-17)27-13-11-26(12-14-27)19-21-8-2-9-22-19/h2-10H,11-14H2,1H3,(H,24,28). The van der Waals surface area contributed by atoms with Crippen LogP contribution in [-0.4, -0.2) is 52.0 Å². The molecule has 2 aromatic heterocycles. The van der Waals surface area contributed by atoms with Crippen LogP contribution in [0.4, 0.5) is 17.6 Å². The fraction of sp³-hybridized carbons (Fsp3) is 0.250. The minimum Gasteiger partial charge on any atom is -0.337 e. The summed E-state index contributed by atoms with van der Waals surface area (Å²) >= 11 is 0. The van der Waals surface area contributed by atoms with Gasteiger partial charge in [-0.25, -0.2) is 19.9 Å². The van der Waals surface area contributed by atoms with Crippen LogP contribution in [0.5, 0.6) is 0 Å². The second-order valence-corrected chi connectivity index (χ2v) is 6.58. The molecule has 142 valence electrons. The molecule has 3 aromatic rings. The van der Waals surface area contributed by atoms with Gasteiger partial charge in [-0.3, -0.25) is 4.79 Å². The summed E-state index contributed by atoms with van der Waals surface area (Å²) in [6.45, 7) is 5.02. The monoisotopic (exact) mass is 375 g/mol. The first-order valence-electron chi connectivity index (χ1n) is 9.17. The van der Waals surface area contributed by atoms with E-state index in [-0.39, 0.29) is 5.91 Å². The summed E-state index contributed by atoms with van der Waals surface area (Å²) in [7, 11) is 0. The Hall–Kier alpha value is -3.55. The quantitative estimate of drug-likeness (QED) is 0.748. The number of benzene rings is 1. The number of nitrogens with one attached hydrogen (secondary N) is 1. The lowest BCUT2D eigenvalue weighted by Crippen LogP contribution is -2.47. The van der Waals surface area contributed by atoms with Crippen LogP contribution in [0.1, 0.15) is 16.1 Å². The second-order valence-electron chi connectivity index (χ2n) is 6.58. The van der Waals surface area contributed by atoms with E-state index in [9.17, 15) is 4.79 Å². The van der Waals surface area contributed by atoms with Crippen LogP contribution >= 0.6 is 0 Å². The maximum Gasteiger partial charge on any atom is 0.274 e. The Morgan fingerprint density at radius 1 is 0.857 bits per heavy atom. The van der Waals surface area contributed by atoms with Crippen LogP contribution in [0, 0.1) is 6.92 Å². The van der Waals surface area contributed by atoms with Gasteiger partial charge in [0.15, 0.2) is 0 Å². The molecular weight excluding hydrogens is 354 g/mol. The van der Waals surface area contributed by atoms with Crippen LogP contribution in [0.3, 0.4) is 0 Å². The second kappa shape index (κ2) is 7.99. The van der Waals surface area contributed by atoms with Gasteiger partial charge >= 0.3 is 0 Å². The third-order valence-electron chi connectivity index (χ3n) is 4.58. The normalized spacial score (nSPS) is 14.0. The van der Waals surface area contributed by atoms with E-state index in [0.29, 0.717) is 11.6 Å². The zero-order chi connectivity index (χ0) is 19.3. The fourth-order valence-corrected chi connectivity index (χ4v) is 3.02. The minimum absolute atomic E-state index is 0.246. The van der Waals surface area contributed by atoms with Gasteiger partial charge in [-0.05, 0) is 31.2 Å². The zero-order valence-electron chi connectivity index (χ0n) is 15.6. The van der Waals surface area contributed by atoms with Crippen molar-refractivity contribution in [3.8, 4) is 0 Å². The first kappa shape index (κ1) is 17.8. The van der Waals surface area contributed by atoms with E-state index in [1.54, 1.807) is 30.7 Å². The molecule has 1 N–H and O–H groups in total. The molecule has 0 radical (unpaired) electrons. The highest BCUT2D eigenvalue weighted by molar-refractivity contribution is 6.02. The molecule has 1 fully saturated rings. The van der Waals surface area contributed by atoms with E-state index in [2.05, 4.69) is 35.1 Å². The predicted octanol–water partition coefficient (Wildman–Crippen LogP) is 2.15. The van der Waals surface area contributed by atoms with Gasteiger partial charge in [0, 0.05) is 50.5 Å². The van der Waals surface area contributed by atoms with Gasteiger partial charge in [0.1, 0.15) is 5.69 Å². The molecule has 3 heterocycles. The topological polar surface area (TPSA) is 87.1 Å². The van der Waals surface area contributed by atoms with Crippen LogP contribution < -0.4 is 15.1 Å². The number of amides is 1. The molecule has 1 amide bonds. The third kappa shape index (κ3) is 4.06. The Labute approximate surface area is 163 Å². The van der Waals surface area contributed by atoms with Crippen molar-refractivity contribution in [3.05, 3.63) is 66.2 Å². The van der Waals surface area contributed by atoms with Crippen LogP contribution in [-0.2, 0) is 0 Å². The summed E-state index contributed by atoms with van der Waals surface area (Å²) in [4.78, 5) is 34.1. The number of rotatable bonds is 4. The Balaban J connectivity index is 1.41. The first-order chi connectivity index (χ1) is 13.7. The third-order valence-corrected chi connectivity index (χ3v) is 4.58. The van der Waals surface area contributed by atoms with Crippen molar-refractivity contribution in [2.24, 2.45) is 0 Å². The number of hydrogen-bond acceptors (Lipinski definition) is 7. The lowest BCUT2D eigenvalue weighted by Gasteiger charge is -2.34. The summed E-state index contributed by atoms with van der Waals surface area (Å²) in [6.07, 6.45) is 5.11. The van der Waals surface area contributed by atoms with Crippen molar-refractivity contribution < 1.29 is 4.79 Å². The van der Waals surface area contributed by atoms with E-state index in [4.69, 9.17) is 0 Å². The van der Waals surface area contributed by atoms with Crippen molar-refractivity contribution in [2.75, 3.05) is 41.3 Å². The van der Waals surface area contributed by atoms with E-state index < -0.39 is 0 Å². The highest BCUT2D eigenvalue weighted by Crippen LogP contribution is 2.15. The Morgan fingerprint density at radius 2 is 1.46 bits per heavy atom. The number of anilines is 3. The van der Waals surface area contributed by atoms with E-state index >= 15 is 0 Å². The molecule has 8 heteroatoms. The number of hydrogen-bond donors (Lipinski definition) is 1. The molecular formula is C20H21N7O. The number of aromatic nitrogens is 4. The molecule has 0 spiro atoms. The van der Waals surface area contributed by atoms with Crippen LogP contribution in [0.2, 0.25) is 0 Å². The fourth-order valence-electron chi connectivity index (χ4n) is 3.02. The summed E-state index contributed by atoms with van der Waals surface area (Å²) < 4.78 is 0. The maximum absolute atomic E-state index is 12.5. The van der Waals surface area contributed by atoms with Gasteiger partial charge in [-0.2, -0.15) is 0 Å². The molecule has 1 aliphatic heterocycles. The van der Waals surface area contributed by atoms with Crippen molar-refractivity contribution in [1.29, 1.82) is 0 Å². The summed E-state index contributed by atoms with van der Waals surface area (Å²) in [5.41, 5.74) is 2.23. The summed E-state index contributed by atoms with van der Waals surface area (Å²) in [6, 6.07) is 11.1. The number of carbonyl (C=O) groups excluding carboxylic acids is 1. The van der Waals surface area contributed by atoms with Gasteiger partial charge in [-0.15, -0.1) is 0 Å². The number of nitrogens with zero attached hydrogens (tertiary/aromatic N) is 6. The van der Waals surface area contributed by atoms with Crippen molar-refractivity contribution in [3.63, 3.8) is 0 Å². The smallest absolute Gasteiger partial charge is 0.274 e. The molecule has 4 rings (SSSR count). The molecule has 1 aromatic carbocycles. The molecule has 0 aliphatic carbocycles. The lowest BCUT2D eigenvalue weighted by atomic mass is 10.2. The van der Waals surface area contributed by atoms with Gasteiger partial charge in [-0.1, -0.05) is 17.7 Å². The largest absolute Gasteiger partial charge is 0.337 e. The lowest BCUT2D eigenvalue weighted by molar-refractivity contribution is 0.102. The average Bonchev–Trinajstić information content (AvgIpc) is 2.76. The maximum atomic E-state index is 12.5. The predicted molar refractivity (Wildman–Crippen MR) is 108 cm³/mol. The van der Waals surface area contributed by atoms with E-state index in [1.807, 2.05) is 31.2 Å². The molecule has 1 aliphatic rings. The van der Waals surface area contributed by atoms with Crippen LogP contribution in [0.25, 0.3) is 0 Å². The molecule has 0 bridgehead atoms. The minimum atomic E-state index is -0.246. The molecule has 8 nitrogen and oxygen atoms in total. The molecule has 0 saturated carbocycles. The Morgan fingerprint density at radius 3 is 2.14 bits per heavy atom. The molecule has 28 heavy (non-hydrogen) atoms. The zero-order valence-corrected chi connectivity index (χ0v) is 15.6. The van der Waals surface area contributed by atoms with Gasteiger partial charge < -0.3 is 15.1 Å². The van der Waals surface area contributed by atoms with Gasteiger partial charge in [0.05, 0.1) is 0 Å². The van der Waals surface area contributed by atoms with Crippen molar-refractivity contribution in [2.45, 2.75) is 6.92 Å². The number of piperazine rings is 1. The van der Waals surface area contributed by atoms with Crippen molar-refractivity contribution >= 4 is 23.5 Å². The van der Waals surface area contributed by atoms with Crippen molar-refractivity contribution in [1.82, 2.24) is 19.9 Å². The number of carbonyl (C=O) groups is 1. The molecule has 0 atom stereocenters.